The lowest BCUT2D eigenvalue weighted by Gasteiger charge is -2.15. The number of aryl methyl sites for hydroxylation is 1. The Hall–Kier alpha value is -0.960. The van der Waals surface area contributed by atoms with Crippen LogP contribution < -0.4 is 5.32 Å². The molecular weight excluding hydrogens is 208 g/mol. The van der Waals surface area contributed by atoms with E-state index in [1.54, 1.807) is 6.07 Å². The summed E-state index contributed by atoms with van der Waals surface area (Å²) in [6.45, 7) is 5.13. The van der Waals surface area contributed by atoms with Crippen LogP contribution in [0, 0.1) is 11.6 Å². The lowest BCUT2D eigenvalue weighted by Crippen LogP contribution is -2.28. The van der Waals surface area contributed by atoms with Crippen LogP contribution in [0.3, 0.4) is 0 Å². The van der Waals surface area contributed by atoms with Crippen molar-refractivity contribution in [3.63, 3.8) is 0 Å². The molecule has 1 N–H and O–H groups in total. The van der Waals surface area contributed by atoms with Gasteiger partial charge in [-0.1, -0.05) is 19.9 Å². The first-order valence-corrected chi connectivity index (χ1v) is 5.84. The standard InChI is InChI=1S/C13H19F2N/c1-3-11(16-4-2)7-5-10-6-8-12(14)13(15)9-10/h6,8-9,11,16H,3-5,7H2,1-2H3. The normalized spacial score (nSPS) is 12.8. The number of hydrogen-bond donors (Lipinski definition) is 1. The van der Waals surface area contributed by atoms with Gasteiger partial charge in [-0.2, -0.15) is 0 Å². The van der Waals surface area contributed by atoms with E-state index in [9.17, 15) is 8.78 Å². The summed E-state index contributed by atoms with van der Waals surface area (Å²) in [5.41, 5.74) is 0.857. The molecule has 16 heavy (non-hydrogen) atoms. The van der Waals surface area contributed by atoms with Gasteiger partial charge in [-0.05, 0) is 43.5 Å². The van der Waals surface area contributed by atoms with Crippen LogP contribution >= 0.6 is 0 Å². The molecule has 0 heterocycles. The first-order chi connectivity index (χ1) is 7.67. The van der Waals surface area contributed by atoms with Gasteiger partial charge >= 0.3 is 0 Å². The summed E-state index contributed by atoms with van der Waals surface area (Å²) in [5.74, 6) is -1.53. The first kappa shape index (κ1) is 13.1. The molecule has 0 aliphatic carbocycles. The van der Waals surface area contributed by atoms with Gasteiger partial charge in [0.1, 0.15) is 0 Å². The SMILES string of the molecule is CCNC(CC)CCc1ccc(F)c(F)c1. The Labute approximate surface area is 95.9 Å². The van der Waals surface area contributed by atoms with Gasteiger partial charge in [0.15, 0.2) is 11.6 Å². The second-order valence-corrected chi connectivity index (χ2v) is 3.95. The fourth-order valence-electron chi connectivity index (χ4n) is 1.78. The summed E-state index contributed by atoms with van der Waals surface area (Å²) in [6.07, 6.45) is 2.79. The fourth-order valence-corrected chi connectivity index (χ4v) is 1.78. The zero-order valence-electron chi connectivity index (χ0n) is 9.89. The molecule has 1 aromatic carbocycles. The Morgan fingerprint density at radius 2 is 1.94 bits per heavy atom. The lowest BCUT2D eigenvalue weighted by molar-refractivity contribution is 0.477. The Morgan fingerprint density at radius 3 is 2.50 bits per heavy atom. The molecular formula is C13H19F2N. The van der Waals surface area contributed by atoms with Crippen LogP contribution in [0.25, 0.3) is 0 Å². The molecule has 0 fully saturated rings. The second kappa shape index (κ2) is 6.59. The molecule has 1 unspecified atom stereocenters. The van der Waals surface area contributed by atoms with E-state index in [0.717, 1.165) is 31.4 Å². The van der Waals surface area contributed by atoms with Crippen LogP contribution in [0.1, 0.15) is 32.3 Å². The van der Waals surface area contributed by atoms with Crippen LogP contribution in [0.4, 0.5) is 8.78 Å². The molecule has 90 valence electrons. The van der Waals surface area contributed by atoms with E-state index in [-0.39, 0.29) is 0 Å². The van der Waals surface area contributed by atoms with E-state index in [2.05, 4.69) is 19.2 Å². The zero-order chi connectivity index (χ0) is 12.0. The van der Waals surface area contributed by atoms with Gasteiger partial charge < -0.3 is 5.32 Å². The van der Waals surface area contributed by atoms with E-state index in [1.165, 1.54) is 12.1 Å². The predicted molar refractivity (Wildman–Crippen MR) is 62.4 cm³/mol. The van der Waals surface area contributed by atoms with E-state index in [0.29, 0.717) is 6.04 Å². The van der Waals surface area contributed by atoms with Crippen LogP contribution in [-0.2, 0) is 6.42 Å². The average molecular weight is 227 g/mol. The molecule has 1 rings (SSSR count). The molecule has 1 atom stereocenters. The molecule has 0 saturated carbocycles. The number of nitrogens with one attached hydrogen (secondary N) is 1. The van der Waals surface area contributed by atoms with Crippen molar-refractivity contribution >= 4 is 0 Å². The third-order valence-corrected chi connectivity index (χ3v) is 2.75. The highest BCUT2D eigenvalue weighted by molar-refractivity contribution is 5.17. The summed E-state index contributed by atoms with van der Waals surface area (Å²) >= 11 is 0. The molecule has 0 aliphatic heterocycles. The van der Waals surface area contributed by atoms with Crippen molar-refractivity contribution in [2.24, 2.45) is 0 Å². The molecule has 0 spiro atoms. The van der Waals surface area contributed by atoms with Crippen molar-refractivity contribution in [1.29, 1.82) is 0 Å². The van der Waals surface area contributed by atoms with E-state index in [1.807, 2.05) is 0 Å². The molecule has 0 amide bonds. The highest BCUT2D eigenvalue weighted by Crippen LogP contribution is 2.12. The van der Waals surface area contributed by atoms with Crippen LogP contribution in [0.2, 0.25) is 0 Å². The number of benzene rings is 1. The van der Waals surface area contributed by atoms with Crippen molar-refractivity contribution in [3.8, 4) is 0 Å². The minimum atomic E-state index is -0.775. The van der Waals surface area contributed by atoms with Gasteiger partial charge in [0, 0.05) is 6.04 Å². The molecule has 1 aromatic rings. The van der Waals surface area contributed by atoms with Crippen molar-refractivity contribution in [2.75, 3.05) is 6.54 Å². The minimum absolute atomic E-state index is 0.457. The Kier molecular flexibility index (Phi) is 5.39. The predicted octanol–water partition coefficient (Wildman–Crippen LogP) is 3.29. The first-order valence-electron chi connectivity index (χ1n) is 5.84. The van der Waals surface area contributed by atoms with E-state index >= 15 is 0 Å². The minimum Gasteiger partial charge on any atom is -0.314 e. The van der Waals surface area contributed by atoms with Gasteiger partial charge in [-0.25, -0.2) is 8.78 Å². The molecule has 0 radical (unpaired) electrons. The molecule has 1 nitrogen and oxygen atoms in total. The number of rotatable bonds is 6. The summed E-state index contributed by atoms with van der Waals surface area (Å²) in [6, 6.07) is 4.59. The van der Waals surface area contributed by atoms with Crippen LogP contribution in [-0.4, -0.2) is 12.6 Å². The Bertz CT molecular complexity index is 326. The quantitative estimate of drug-likeness (QED) is 0.786. The van der Waals surface area contributed by atoms with Crippen molar-refractivity contribution in [3.05, 3.63) is 35.4 Å². The number of hydrogen-bond acceptors (Lipinski definition) is 1. The maximum atomic E-state index is 12.9. The second-order valence-electron chi connectivity index (χ2n) is 3.95. The van der Waals surface area contributed by atoms with Gasteiger partial charge in [-0.15, -0.1) is 0 Å². The maximum Gasteiger partial charge on any atom is 0.159 e. The topological polar surface area (TPSA) is 12.0 Å². The van der Waals surface area contributed by atoms with Gasteiger partial charge in [0.2, 0.25) is 0 Å². The third-order valence-electron chi connectivity index (χ3n) is 2.75. The van der Waals surface area contributed by atoms with Crippen molar-refractivity contribution in [1.82, 2.24) is 5.32 Å². The van der Waals surface area contributed by atoms with Gasteiger partial charge in [0.25, 0.3) is 0 Å². The Balaban J connectivity index is 2.50. The summed E-state index contributed by atoms with van der Waals surface area (Å²) in [5, 5.41) is 3.36. The highest BCUT2D eigenvalue weighted by atomic mass is 19.2. The monoisotopic (exact) mass is 227 g/mol. The molecule has 0 aliphatic rings. The zero-order valence-corrected chi connectivity index (χ0v) is 9.89. The van der Waals surface area contributed by atoms with E-state index in [4.69, 9.17) is 0 Å². The van der Waals surface area contributed by atoms with Crippen LogP contribution in [0.15, 0.2) is 18.2 Å². The Morgan fingerprint density at radius 1 is 1.19 bits per heavy atom. The van der Waals surface area contributed by atoms with Gasteiger partial charge in [0.05, 0.1) is 0 Å². The smallest absolute Gasteiger partial charge is 0.159 e. The summed E-state index contributed by atoms with van der Waals surface area (Å²) in [7, 11) is 0. The maximum absolute atomic E-state index is 12.9. The van der Waals surface area contributed by atoms with Crippen molar-refractivity contribution < 1.29 is 8.78 Å². The largest absolute Gasteiger partial charge is 0.314 e. The molecule has 0 aromatic heterocycles. The number of halogens is 2. The fraction of sp³-hybridized carbons (Fsp3) is 0.538. The summed E-state index contributed by atoms with van der Waals surface area (Å²) in [4.78, 5) is 0. The van der Waals surface area contributed by atoms with Crippen LogP contribution in [0.5, 0.6) is 0 Å². The molecule has 0 saturated heterocycles. The highest BCUT2D eigenvalue weighted by Gasteiger charge is 2.06. The molecule has 0 bridgehead atoms. The average Bonchev–Trinajstić information content (AvgIpc) is 2.28. The van der Waals surface area contributed by atoms with E-state index < -0.39 is 11.6 Å². The summed E-state index contributed by atoms with van der Waals surface area (Å²) < 4.78 is 25.6. The molecule has 3 heteroatoms. The van der Waals surface area contributed by atoms with Gasteiger partial charge in [-0.3, -0.25) is 0 Å². The third kappa shape index (κ3) is 3.89. The lowest BCUT2D eigenvalue weighted by atomic mass is 10.0. The van der Waals surface area contributed by atoms with Crippen molar-refractivity contribution in [2.45, 2.75) is 39.2 Å².